The number of nitrogens with one attached hydrogen (secondary N) is 1. The lowest BCUT2D eigenvalue weighted by Gasteiger charge is -2.22. The lowest BCUT2D eigenvalue weighted by molar-refractivity contribution is 0.0424. The molecule has 1 N–H and O–H groups in total. The second kappa shape index (κ2) is 8.38. The minimum absolute atomic E-state index is 0.101. The average molecular weight is 371 g/mol. The highest BCUT2D eigenvalue weighted by Crippen LogP contribution is 2.32. The van der Waals surface area contributed by atoms with Crippen LogP contribution in [0.15, 0.2) is 18.2 Å². The molecule has 0 aliphatic heterocycles. The average Bonchev–Trinajstić information content (AvgIpc) is 3.06. The van der Waals surface area contributed by atoms with Gasteiger partial charge >= 0.3 is 0 Å². The van der Waals surface area contributed by atoms with Crippen LogP contribution in [0.5, 0.6) is 11.5 Å². The Morgan fingerprint density at radius 3 is 2.44 bits per heavy atom. The fourth-order valence-electron chi connectivity index (χ4n) is 2.87. The van der Waals surface area contributed by atoms with Gasteiger partial charge in [0.2, 0.25) is 10.0 Å². The van der Waals surface area contributed by atoms with E-state index in [1.165, 1.54) is 20.0 Å². The Kier molecular flexibility index (Phi) is 6.71. The highest BCUT2D eigenvalue weighted by Gasteiger charge is 2.25. The fourth-order valence-corrected chi connectivity index (χ4v) is 4.39. The van der Waals surface area contributed by atoms with Crippen LogP contribution in [-0.2, 0) is 21.3 Å². The first-order valence-electron chi connectivity index (χ1n) is 8.61. The van der Waals surface area contributed by atoms with E-state index in [0.29, 0.717) is 11.5 Å². The van der Waals surface area contributed by atoms with Crippen molar-refractivity contribution < 1.29 is 22.6 Å². The van der Waals surface area contributed by atoms with Crippen LogP contribution in [-0.4, -0.2) is 40.1 Å². The number of sulfonamides is 1. The van der Waals surface area contributed by atoms with Gasteiger partial charge < -0.3 is 14.2 Å². The number of benzene rings is 1. The van der Waals surface area contributed by atoms with E-state index in [1.807, 2.05) is 18.2 Å². The maximum atomic E-state index is 12.2. The first kappa shape index (κ1) is 20.0. The van der Waals surface area contributed by atoms with Gasteiger partial charge in [-0.25, -0.2) is 13.1 Å². The molecule has 0 saturated heterocycles. The summed E-state index contributed by atoms with van der Waals surface area (Å²) in [6.07, 6.45) is 4.78. The van der Waals surface area contributed by atoms with Gasteiger partial charge in [-0.15, -0.1) is 0 Å². The van der Waals surface area contributed by atoms with Crippen molar-refractivity contribution in [3.05, 3.63) is 23.8 Å². The topological polar surface area (TPSA) is 73.9 Å². The van der Waals surface area contributed by atoms with E-state index in [1.54, 1.807) is 21.0 Å². The molecule has 0 radical (unpaired) electrons. The molecule has 142 valence electrons. The van der Waals surface area contributed by atoms with Crippen LogP contribution in [0.25, 0.3) is 0 Å². The monoisotopic (exact) mass is 371 g/mol. The molecule has 0 unspecified atom stereocenters. The summed E-state index contributed by atoms with van der Waals surface area (Å²) < 4.78 is 43.6. The van der Waals surface area contributed by atoms with Crippen LogP contribution in [0, 0.1) is 0 Å². The summed E-state index contributed by atoms with van der Waals surface area (Å²) in [7, 11) is -0.352. The Hall–Kier alpha value is -1.31. The van der Waals surface area contributed by atoms with Crippen molar-refractivity contribution in [1.82, 2.24) is 4.72 Å². The van der Waals surface area contributed by atoms with Gasteiger partial charge in [-0.1, -0.05) is 6.07 Å². The minimum atomic E-state index is -3.44. The Morgan fingerprint density at radius 2 is 1.84 bits per heavy atom. The molecule has 0 spiro atoms. The van der Waals surface area contributed by atoms with Gasteiger partial charge in [-0.05, 0) is 57.2 Å². The lowest BCUT2D eigenvalue weighted by atomic mass is 10.2. The molecular formula is C18H29NO5S. The standard InChI is InChI=1S/C18H29NO5S/c1-18(2,23-4)13-25(20,21)19-12-14-9-10-16(17(11-14)22-3)24-15-7-5-6-8-15/h9-11,15,19H,5-8,12-13H2,1-4H3. The zero-order chi connectivity index (χ0) is 18.5. The quantitative estimate of drug-likeness (QED) is 0.722. The number of methoxy groups -OCH3 is 2. The van der Waals surface area contributed by atoms with Crippen LogP contribution in [0.1, 0.15) is 45.1 Å². The molecule has 1 saturated carbocycles. The van der Waals surface area contributed by atoms with Crippen molar-refractivity contribution in [3.63, 3.8) is 0 Å². The molecule has 25 heavy (non-hydrogen) atoms. The van der Waals surface area contributed by atoms with Gasteiger partial charge in [0.1, 0.15) is 0 Å². The summed E-state index contributed by atoms with van der Waals surface area (Å²) in [5.74, 6) is 1.23. The normalized spacial score (nSPS) is 16.2. The predicted octanol–water partition coefficient (Wildman–Crippen LogP) is 2.86. The molecule has 6 nitrogen and oxygen atoms in total. The highest BCUT2D eigenvalue weighted by molar-refractivity contribution is 7.89. The molecule has 1 aromatic rings. The molecule has 0 heterocycles. The molecular weight excluding hydrogens is 342 g/mol. The predicted molar refractivity (Wildman–Crippen MR) is 97.6 cm³/mol. The van der Waals surface area contributed by atoms with Crippen LogP contribution in [0.4, 0.5) is 0 Å². The zero-order valence-corrected chi connectivity index (χ0v) is 16.3. The van der Waals surface area contributed by atoms with Crippen molar-refractivity contribution in [3.8, 4) is 11.5 Å². The van der Waals surface area contributed by atoms with E-state index in [9.17, 15) is 8.42 Å². The first-order chi connectivity index (χ1) is 11.7. The van der Waals surface area contributed by atoms with Crippen molar-refractivity contribution in [2.75, 3.05) is 20.0 Å². The Morgan fingerprint density at radius 1 is 1.16 bits per heavy atom. The van der Waals surface area contributed by atoms with E-state index < -0.39 is 15.6 Å². The van der Waals surface area contributed by atoms with Crippen LogP contribution in [0.3, 0.4) is 0 Å². The van der Waals surface area contributed by atoms with Crippen LogP contribution >= 0.6 is 0 Å². The number of ether oxygens (including phenoxy) is 3. The van der Waals surface area contributed by atoms with Crippen LogP contribution in [0.2, 0.25) is 0 Å². The Balaban J connectivity index is 2.00. The maximum absolute atomic E-state index is 12.2. The van der Waals surface area contributed by atoms with E-state index in [2.05, 4.69) is 4.72 Å². The maximum Gasteiger partial charge on any atom is 0.214 e. The second-order valence-corrected chi connectivity index (χ2v) is 8.86. The van der Waals surface area contributed by atoms with Gasteiger partial charge in [0.25, 0.3) is 0 Å². The number of hydrogen-bond acceptors (Lipinski definition) is 5. The molecule has 2 rings (SSSR count). The minimum Gasteiger partial charge on any atom is -0.493 e. The third-order valence-corrected chi connectivity index (χ3v) is 6.07. The molecule has 1 aliphatic carbocycles. The van der Waals surface area contributed by atoms with E-state index in [0.717, 1.165) is 18.4 Å². The summed E-state index contributed by atoms with van der Waals surface area (Å²) in [6.45, 7) is 3.68. The smallest absolute Gasteiger partial charge is 0.214 e. The molecule has 1 aliphatic rings. The fraction of sp³-hybridized carbons (Fsp3) is 0.667. The molecule has 1 fully saturated rings. The van der Waals surface area contributed by atoms with Crippen molar-refractivity contribution in [1.29, 1.82) is 0 Å². The van der Waals surface area contributed by atoms with Crippen LogP contribution < -0.4 is 14.2 Å². The van der Waals surface area contributed by atoms with E-state index in [-0.39, 0.29) is 18.4 Å². The third-order valence-electron chi connectivity index (χ3n) is 4.41. The molecule has 7 heteroatoms. The number of hydrogen-bond donors (Lipinski definition) is 1. The summed E-state index contributed by atoms with van der Waals surface area (Å²) in [6, 6.07) is 5.52. The summed E-state index contributed by atoms with van der Waals surface area (Å²) in [5.41, 5.74) is 0.0806. The SMILES string of the molecule is COc1cc(CNS(=O)(=O)CC(C)(C)OC)ccc1OC1CCCC1. The number of rotatable bonds is 9. The second-order valence-electron chi connectivity index (χ2n) is 7.05. The molecule has 0 bridgehead atoms. The Labute approximate surface area is 150 Å². The highest BCUT2D eigenvalue weighted by atomic mass is 32.2. The molecule has 0 aromatic heterocycles. The largest absolute Gasteiger partial charge is 0.493 e. The van der Waals surface area contributed by atoms with Gasteiger partial charge in [0.15, 0.2) is 11.5 Å². The van der Waals surface area contributed by atoms with E-state index >= 15 is 0 Å². The molecule has 0 amide bonds. The van der Waals surface area contributed by atoms with Gasteiger partial charge in [0, 0.05) is 13.7 Å². The van der Waals surface area contributed by atoms with Crippen molar-refractivity contribution in [2.45, 2.75) is 57.8 Å². The summed E-state index contributed by atoms with van der Waals surface area (Å²) >= 11 is 0. The van der Waals surface area contributed by atoms with Gasteiger partial charge in [-0.3, -0.25) is 0 Å². The van der Waals surface area contributed by atoms with Crippen molar-refractivity contribution in [2.24, 2.45) is 0 Å². The Bertz CT molecular complexity index is 666. The van der Waals surface area contributed by atoms with Gasteiger partial charge in [-0.2, -0.15) is 0 Å². The van der Waals surface area contributed by atoms with Gasteiger partial charge in [0.05, 0.1) is 24.6 Å². The molecule has 0 atom stereocenters. The zero-order valence-electron chi connectivity index (χ0n) is 15.5. The first-order valence-corrected chi connectivity index (χ1v) is 10.3. The lowest BCUT2D eigenvalue weighted by Crippen LogP contribution is -2.38. The third kappa shape index (κ3) is 6.17. The van der Waals surface area contributed by atoms with Crippen molar-refractivity contribution >= 4 is 10.0 Å². The van der Waals surface area contributed by atoms with E-state index in [4.69, 9.17) is 14.2 Å². The summed E-state index contributed by atoms with van der Waals surface area (Å²) in [5, 5.41) is 0. The molecule has 1 aromatic carbocycles. The summed E-state index contributed by atoms with van der Waals surface area (Å²) in [4.78, 5) is 0.